The van der Waals surface area contributed by atoms with Gasteiger partial charge in [-0.25, -0.2) is 9.97 Å². The first-order valence-electron chi connectivity index (χ1n) is 6.11. The summed E-state index contributed by atoms with van der Waals surface area (Å²) >= 11 is 5.43. The second-order valence-electron chi connectivity index (χ2n) is 4.41. The number of carbonyl (C=O) groups excluding carboxylic acids is 1. The molecule has 5 nitrogen and oxygen atoms in total. The Kier molecular flexibility index (Phi) is 4.36. The number of hydrogen-bond donors (Lipinski definition) is 1. The lowest BCUT2D eigenvalue weighted by atomic mass is 10.3. The lowest BCUT2D eigenvalue weighted by Gasteiger charge is -2.16. The third-order valence-corrected chi connectivity index (χ3v) is 3.12. The maximum Gasteiger partial charge on any atom is 0.235 e. The minimum absolute atomic E-state index is 0.0248. The van der Waals surface area contributed by atoms with Crippen molar-refractivity contribution in [1.29, 1.82) is 0 Å². The molecule has 98 valence electrons. The highest BCUT2D eigenvalue weighted by molar-refractivity contribution is 6.27. The monoisotopic (exact) mass is 268 g/mol. The average molecular weight is 269 g/mol. The molecule has 1 amide bonds. The van der Waals surface area contributed by atoms with E-state index in [0.29, 0.717) is 6.54 Å². The van der Waals surface area contributed by atoms with Crippen molar-refractivity contribution in [1.82, 2.24) is 15.3 Å². The van der Waals surface area contributed by atoms with E-state index < -0.39 is 0 Å². The Morgan fingerprint density at radius 2 is 2.17 bits per heavy atom. The van der Waals surface area contributed by atoms with Crippen LogP contribution in [0, 0.1) is 6.92 Å². The summed E-state index contributed by atoms with van der Waals surface area (Å²) in [5.74, 6) is 0.557. The largest absolute Gasteiger partial charge is 0.349 e. The molecule has 6 heteroatoms. The molecule has 0 spiro atoms. The maximum atomic E-state index is 11.1. The number of rotatable bonds is 4. The Morgan fingerprint density at radius 1 is 1.44 bits per heavy atom. The molecule has 0 radical (unpaired) electrons. The first-order valence-corrected chi connectivity index (χ1v) is 6.64. The van der Waals surface area contributed by atoms with Crippen LogP contribution >= 0.6 is 11.6 Å². The number of aryl methyl sites for hydroxylation is 1. The van der Waals surface area contributed by atoms with E-state index in [2.05, 4.69) is 20.2 Å². The molecule has 1 fully saturated rings. The molecule has 2 heterocycles. The summed E-state index contributed by atoms with van der Waals surface area (Å²) in [4.78, 5) is 22.2. The van der Waals surface area contributed by atoms with Crippen LogP contribution in [0.2, 0.25) is 0 Å². The van der Waals surface area contributed by atoms with Crippen molar-refractivity contribution >= 4 is 23.5 Å². The number of nitrogens with one attached hydrogen (secondary N) is 1. The molecular formula is C12H17ClN4O. The van der Waals surface area contributed by atoms with Gasteiger partial charge in [0.1, 0.15) is 5.88 Å². The minimum Gasteiger partial charge on any atom is -0.349 e. The van der Waals surface area contributed by atoms with Gasteiger partial charge in [0.05, 0.1) is 12.2 Å². The van der Waals surface area contributed by atoms with E-state index in [1.54, 1.807) is 0 Å². The fourth-order valence-electron chi connectivity index (χ4n) is 2.00. The molecule has 1 aromatic heterocycles. The number of anilines is 1. The van der Waals surface area contributed by atoms with Gasteiger partial charge >= 0.3 is 0 Å². The molecule has 0 atom stereocenters. The van der Waals surface area contributed by atoms with E-state index in [1.807, 2.05) is 13.0 Å². The molecule has 1 aromatic rings. The third kappa shape index (κ3) is 3.32. The van der Waals surface area contributed by atoms with Crippen LogP contribution < -0.4 is 10.2 Å². The van der Waals surface area contributed by atoms with E-state index in [0.717, 1.165) is 30.4 Å². The van der Waals surface area contributed by atoms with Crippen LogP contribution in [0.25, 0.3) is 0 Å². The van der Waals surface area contributed by atoms with Crippen molar-refractivity contribution < 1.29 is 4.79 Å². The van der Waals surface area contributed by atoms with Crippen LogP contribution in [0.3, 0.4) is 0 Å². The predicted molar refractivity (Wildman–Crippen MR) is 70.8 cm³/mol. The number of alkyl halides is 1. The van der Waals surface area contributed by atoms with Gasteiger partial charge in [-0.1, -0.05) is 0 Å². The van der Waals surface area contributed by atoms with Gasteiger partial charge in [0.25, 0.3) is 0 Å². The van der Waals surface area contributed by atoms with Gasteiger partial charge in [-0.2, -0.15) is 0 Å². The lowest BCUT2D eigenvalue weighted by Crippen LogP contribution is -2.26. The van der Waals surface area contributed by atoms with Crippen LogP contribution in [-0.2, 0) is 11.3 Å². The van der Waals surface area contributed by atoms with Crippen molar-refractivity contribution in [3.63, 3.8) is 0 Å². The third-order valence-electron chi connectivity index (χ3n) is 2.87. The summed E-state index contributed by atoms with van der Waals surface area (Å²) < 4.78 is 0. The zero-order chi connectivity index (χ0) is 13.0. The van der Waals surface area contributed by atoms with Crippen molar-refractivity contribution in [2.24, 2.45) is 0 Å². The maximum absolute atomic E-state index is 11.1. The van der Waals surface area contributed by atoms with Crippen LogP contribution in [-0.4, -0.2) is 34.8 Å². The SMILES string of the molecule is Cc1cc(CNC(=O)CCl)nc(N2CCCC2)n1. The van der Waals surface area contributed by atoms with Crippen molar-refractivity contribution in [3.05, 3.63) is 17.5 Å². The summed E-state index contributed by atoms with van der Waals surface area (Å²) in [5, 5.41) is 2.71. The highest BCUT2D eigenvalue weighted by Crippen LogP contribution is 2.16. The Labute approximate surface area is 112 Å². The summed E-state index contributed by atoms with van der Waals surface area (Å²) in [6, 6.07) is 1.88. The minimum atomic E-state index is -0.185. The second kappa shape index (κ2) is 6.00. The number of carbonyl (C=O) groups is 1. The fraction of sp³-hybridized carbons (Fsp3) is 0.583. The van der Waals surface area contributed by atoms with Crippen LogP contribution in [0.15, 0.2) is 6.07 Å². The molecule has 2 rings (SSSR count). The molecule has 0 unspecified atom stereocenters. The summed E-state index contributed by atoms with van der Waals surface area (Å²) in [7, 11) is 0. The molecule has 1 N–H and O–H groups in total. The van der Waals surface area contributed by atoms with E-state index in [-0.39, 0.29) is 11.8 Å². The Balaban J connectivity index is 2.08. The smallest absolute Gasteiger partial charge is 0.235 e. The molecule has 1 saturated heterocycles. The first kappa shape index (κ1) is 13.1. The lowest BCUT2D eigenvalue weighted by molar-refractivity contribution is -0.118. The van der Waals surface area contributed by atoms with Gasteiger partial charge < -0.3 is 10.2 Å². The van der Waals surface area contributed by atoms with Gasteiger partial charge in [-0.05, 0) is 25.8 Å². The average Bonchev–Trinajstić information content (AvgIpc) is 2.89. The van der Waals surface area contributed by atoms with Gasteiger partial charge in [-0.15, -0.1) is 11.6 Å². The van der Waals surface area contributed by atoms with Crippen molar-refractivity contribution in [2.75, 3.05) is 23.9 Å². The standard InChI is InChI=1S/C12H17ClN4O/c1-9-6-10(8-14-11(18)7-13)16-12(15-9)17-4-2-3-5-17/h6H,2-5,7-8H2,1H3,(H,14,18). The molecular weight excluding hydrogens is 252 g/mol. The fourth-order valence-corrected chi connectivity index (χ4v) is 2.10. The summed E-state index contributed by atoms with van der Waals surface area (Å²) in [5.41, 5.74) is 1.74. The predicted octanol–water partition coefficient (Wildman–Crippen LogP) is 1.24. The Morgan fingerprint density at radius 3 is 2.83 bits per heavy atom. The van der Waals surface area contributed by atoms with Gasteiger partial charge in [0.2, 0.25) is 11.9 Å². The second-order valence-corrected chi connectivity index (χ2v) is 4.67. The van der Waals surface area contributed by atoms with E-state index in [9.17, 15) is 4.79 Å². The quantitative estimate of drug-likeness (QED) is 0.835. The van der Waals surface area contributed by atoms with Gasteiger partial charge in [-0.3, -0.25) is 4.79 Å². The molecule has 0 bridgehead atoms. The van der Waals surface area contributed by atoms with E-state index in [4.69, 9.17) is 11.6 Å². The van der Waals surface area contributed by atoms with Gasteiger partial charge in [0, 0.05) is 18.8 Å². The van der Waals surface area contributed by atoms with Crippen molar-refractivity contribution in [3.8, 4) is 0 Å². The van der Waals surface area contributed by atoms with Crippen molar-refractivity contribution in [2.45, 2.75) is 26.3 Å². The number of amides is 1. The number of nitrogens with zero attached hydrogens (tertiary/aromatic N) is 3. The van der Waals surface area contributed by atoms with Crippen LogP contribution in [0.1, 0.15) is 24.2 Å². The molecule has 1 aliphatic rings. The van der Waals surface area contributed by atoms with Crippen LogP contribution in [0.4, 0.5) is 5.95 Å². The zero-order valence-corrected chi connectivity index (χ0v) is 11.2. The van der Waals surface area contributed by atoms with Gasteiger partial charge in [0.15, 0.2) is 0 Å². The molecule has 0 saturated carbocycles. The molecule has 0 aromatic carbocycles. The number of aromatic nitrogens is 2. The molecule has 0 aliphatic carbocycles. The first-order chi connectivity index (χ1) is 8.69. The summed E-state index contributed by atoms with van der Waals surface area (Å²) in [6.07, 6.45) is 2.38. The van der Waals surface area contributed by atoms with E-state index in [1.165, 1.54) is 12.8 Å². The Bertz CT molecular complexity index is 432. The molecule has 1 aliphatic heterocycles. The highest BCUT2D eigenvalue weighted by Gasteiger charge is 2.15. The normalized spacial score (nSPS) is 14.9. The number of hydrogen-bond acceptors (Lipinski definition) is 4. The topological polar surface area (TPSA) is 58.1 Å². The Hall–Kier alpha value is -1.36. The van der Waals surface area contributed by atoms with E-state index >= 15 is 0 Å². The van der Waals surface area contributed by atoms with Crippen LogP contribution in [0.5, 0.6) is 0 Å². The summed E-state index contributed by atoms with van der Waals surface area (Å²) in [6.45, 7) is 4.36. The highest BCUT2D eigenvalue weighted by atomic mass is 35.5. The zero-order valence-electron chi connectivity index (χ0n) is 10.4. The molecule has 18 heavy (non-hydrogen) atoms. The number of halogens is 1.